The van der Waals surface area contributed by atoms with Crippen molar-refractivity contribution in [3.8, 4) is 11.4 Å². The van der Waals surface area contributed by atoms with Gasteiger partial charge < -0.3 is 5.11 Å². The Kier molecular flexibility index (Phi) is 5.99. The Hall–Kier alpha value is -2.35. The number of nitrogens with zero attached hydrogens (tertiary/aromatic N) is 3. The maximum absolute atomic E-state index is 13.1. The van der Waals surface area contributed by atoms with Crippen molar-refractivity contribution in [3.05, 3.63) is 47.0 Å². The topological polar surface area (TPSA) is 50.9 Å². The highest BCUT2D eigenvalue weighted by Gasteiger charge is 2.31. The number of halogens is 3. The minimum absolute atomic E-state index is 0.0833. The van der Waals surface area contributed by atoms with Gasteiger partial charge in [-0.1, -0.05) is 58.9 Å². The highest BCUT2D eigenvalue weighted by Crippen LogP contribution is 2.35. The number of aromatic nitrogens is 3. The number of phenols is 1. The van der Waals surface area contributed by atoms with Crippen LogP contribution in [0.1, 0.15) is 43.9 Å². The second kappa shape index (κ2) is 7.96. The molecule has 0 saturated heterocycles. The van der Waals surface area contributed by atoms with Crippen molar-refractivity contribution in [1.82, 2.24) is 15.0 Å². The lowest BCUT2D eigenvalue weighted by molar-refractivity contribution is -0.137. The van der Waals surface area contributed by atoms with E-state index in [0.29, 0.717) is 11.2 Å². The fraction of sp³-hybridized carbons (Fsp3) is 0.478. The summed E-state index contributed by atoms with van der Waals surface area (Å²) in [6.45, 7) is 13.2. The van der Waals surface area contributed by atoms with Crippen LogP contribution >= 0.6 is 0 Å². The van der Waals surface area contributed by atoms with Crippen molar-refractivity contribution in [2.24, 2.45) is 0 Å². The Balaban J connectivity index is 2.07. The van der Waals surface area contributed by atoms with Crippen LogP contribution in [0, 0.1) is 0 Å². The Morgan fingerprint density at radius 3 is 2.16 bits per heavy atom. The molecular weight excluding hydrogens is 419 g/mol. The van der Waals surface area contributed by atoms with Gasteiger partial charge in [-0.05, 0) is 47.2 Å². The fourth-order valence-electron chi connectivity index (χ4n) is 3.46. The van der Waals surface area contributed by atoms with Crippen LogP contribution in [-0.2, 0) is 18.0 Å². The lowest BCUT2D eigenvalue weighted by Crippen LogP contribution is -2.19. The molecule has 0 fully saturated rings. The molecule has 0 radical (unpaired) electrons. The normalized spacial score (nSPS) is 13.2. The second-order valence-electron chi connectivity index (χ2n) is 10.4. The molecular formula is C23H30F3N3OSi. The number of benzene rings is 2. The summed E-state index contributed by atoms with van der Waals surface area (Å²) < 4.78 is 39.2. The van der Waals surface area contributed by atoms with E-state index in [2.05, 4.69) is 50.6 Å². The summed E-state index contributed by atoms with van der Waals surface area (Å²) >= 11 is 0. The van der Waals surface area contributed by atoms with Crippen molar-refractivity contribution in [2.75, 3.05) is 0 Å². The largest absolute Gasteiger partial charge is 0.505 e. The maximum atomic E-state index is 13.1. The van der Waals surface area contributed by atoms with Crippen molar-refractivity contribution in [2.45, 2.75) is 70.9 Å². The van der Waals surface area contributed by atoms with Gasteiger partial charge in [0.25, 0.3) is 0 Å². The Morgan fingerprint density at radius 1 is 0.935 bits per heavy atom. The van der Waals surface area contributed by atoms with Crippen LogP contribution in [0.15, 0.2) is 30.3 Å². The first kappa shape index (κ1) is 23.3. The minimum Gasteiger partial charge on any atom is -0.505 e. The van der Waals surface area contributed by atoms with E-state index in [-0.39, 0.29) is 16.7 Å². The smallest absolute Gasteiger partial charge is 0.416 e. The third kappa shape index (κ3) is 5.47. The van der Waals surface area contributed by atoms with Crippen LogP contribution in [0.5, 0.6) is 5.75 Å². The minimum atomic E-state index is -4.45. The van der Waals surface area contributed by atoms with Gasteiger partial charge in [0.15, 0.2) is 0 Å². The standard InChI is InChI=1S/C23H30F3N3OSi/c1-22(2,3)17-12-15(8-7-11-31(4,5)6)21(30)20(14-17)29-27-18-10-9-16(23(24,25)26)13-19(18)28-29/h9-10,12-14,30H,7-8,11H2,1-6H3. The molecule has 0 atom stereocenters. The van der Waals surface area contributed by atoms with E-state index in [1.54, 1.807) is 0 Å². The monoisotopic (exact) mass is 449 g/mol. The third-order valence-electron chi connectivity index (χ3n) is 5.33. The Morgan fingerprint density at radius 2 is 1.58 bits per heavy atom. The average Bonchev–Trinajstić information content (AvgIpc) is 3.03. The zero-order valence-electron chi connectivity index (χ0n) is 18.9. The average molecular weight is 450 g/mol. The van der Waals surface area contributed by atoms with Crippen molar-refractivity contribution in [1.29, 1.82) is 0 Å². The molecule has 0 aliphatic rings. The van der Waals surface area contributed by atoms with Crippen LogP contribution in [0.4, 0.5) is 13.2 Å². The SMILES string of the molecule is CC(C)(C)c1cc(CCC[Si](C)(C)C)c(O)c(-n2nc3ccc(C(F)(F)F)cc3n2)c1. The van der Waals surface area contributed by atoms with E-state index in [9.17, 15) is 18.3 Å². The van der Waals surface area contributed by atoms with Crippen molar-refractivity contribution < 1.29 is 18.3 Å². The number of alkyl halides is 3. The number of rotatable bonds is 5. The number of hydrogen-bond acceptors (Lipinski definition) is 3. The summed E-state index contributed by atoms with van der Waals surface area (Å²) in [5, 5.41) is 19.6. The van der Waals surface area contributed by atoms with Gasteiger partial charge in [0.1, 0.15) is 22.5 Å². The highest BCUT2D eigenvalue weighted by molar-refractivity contribution is 6.76. The van der Waals surface area contributed by atoms with E-state index in [4.69, 9.17) is 0 Å². The molecule has 0 unspecified atom stereocenters. The highest BCUT2D eigenvalue weighted by atomic mass is 28.3. The molecule has 168 valence electrons. The molecule has 2 aromatic carbocycles. The molecule has 3 rings (SSSR count). The lowest BCUT2D eigenvalue weighted by Gasteiger charge is -2.22. The first-order chi connectivity index (χ1) is 14.1. The van der Waals surface area contributed by atoms with Crippen LogP contribution in [0.3, 0.4) is 0 Å². The summed E-state index contributed by atoms with van der Waals surface area (Å²) in [5.74, 6) is 0.0833. The molecule has 4 nitrogen and oxygen atoms in total. The van der Waals surface area contributed by atoms with Crippen molar-refractivity contribution >= 4 is 19.1 Å². The van der Waals surface area contributed by atoms with Gasteiger partial charge in [-0.2, -0.15) is 13.2 Å². The maximum Gasteiger partial charge on any atom is 0.416 e. The Labute approximate surface area is 182 Å². The van der Waals surface area contributed by atoms with E-state index in [1.807, 2.05) is 12.1 Å². The summed E-state index contributed by atoms with van der Waals surface area (Å²) in [6, 6.07) is 8.27. The molecule has 1 aromatic heterocycles. The van der Waals surface area contributed by atoms with Gasteiger partial charge in [-0.15, -0.1) is 15.0 Å². The van der Waals surface area contributed by atoms with Crippen LogP contribution in [0.25, 0.3) is 16.7 Å². The summed E-state index contributed by atoms with van der Waals surface area (Å²) in [4.78, 5) is 1.25. The van der Waals surface area contributed by atoms with Gasteiger partial charge in [-0.3, -0.25) is 0 Å². The van der Waals surface area contributed by atoms with E-state index < -0.39 is 19.8 Å². The van der Waals surface area contributed by atoms with Gasteiger partial charge in [0, 0.05) is 8.07 Å². The molecule has 0 aliphatic heterocycles. The molecule has 0 saturated carbocycles. The molecule has 3 aromatic rings. The quantitative estimate of drug-likeness (QED) is 0.440. The van der Waals surface area contributed by atoms with Gasteiger partial charge in [0.2, 0.25) is 0 Å². The number of aromatic hydroxyl groups is 1. The third-order valence-corrected chi connectivity index (χ3v) is 7.18. The first-order valence-corrected chi connectivity index (χ1v) is 14.2. The molecule has 1 heterocycles. The summed E-state index contributed by atoms with van der Waals surface area (Å²) in [7, 11) is -1.20. The summed E-state index contributed by atoms with van der Waals surface area (Å²) in [5.41, 5.74) is 1.75. The summed E-state index contributed by atoms with van der Waals surface area (Å²) in [6.07, 6.45) is -2.75. The zero-order chi connectivity index (χ0) is 23.2. The number of fused-ring (bicyclic) bond motifs is 1. The van der Waals surface area contributed by atoms with Crippen LogP contribution in [-0.4, -0.2) is 28.2 Å². The van der Waals surface area contributed by atoms with Gasteiger partial charge >= 0.3 is 6.18 Å². The van der Waals surface area contributed by atoms with Crippen molar-refractivity contribution in [3.63, 3.8) is 0 Å². The van der Waals surface area contributed by atoms with Crippen LogP contribution in [0.2, 0.25) is 25.7 Å². The van der Waals surface area contributed by atoms with E-state index >= 15 is 0 Å². The van der Waals surface area contributed by atoms with E-state index in [1.165, 1.54) is 10.9 Å². The van der Waals surface area contributed by atoms with Crippen LogP contribution < -0.4 is 0 Å². The molecule has 0 amide bonds. The zero-order valence-corrected chi connectivity index (χ0v) is 19.9. The fourth-order valence-corrected chi connectivity index (χ4v) is 4.70. The number of aryl methyl sites for hydroxylation is 1. The van der Waals surface area contributed by atoms with E-state index in [0.717, 1.165) is 42.1 Å². The molecule has 1 N–H and O–H groups in total. The molecule has 0 aliphatic carbocycles. The molecule has 0 spiro atoms. The second-order valence-corrected chi connectivity index (χ2v) is 16.0. The molecule has 8 heteroatoms. The Bertz CT molecular complexity index is 1090. The predicted octanol–water partition coefficient (Wildman–Crippen LogP) is 6.71. The lowest BCUT2D eigenvalue weighted by atomic mass is 9.85. The molecule has 31 heavy (non-hydrogen) atoms. The number of hydrogen-bond donors (Lipinski definition) is 1. The molecule has 0 bridgehead atoms. The van der Waals surface area contributed by atoms with Gasteiger partial charge in [0.05, 0.1) is 5.56 Å². The predicted molar refractivity (Wildman–Crippen MR) is 121 cm³/mol. The number of phenolic OH excluding ortho intramolecular Hbond substituents is 1. The first-order valence-electron chi connectivity index (χ1n) is 10.5. The van der Waals surface area contributed by atoms with Gasteiger partial charge in [-0.25, -0.2) is 0 Å².